The minimum Gasteiger partial charge on any atom is -0.393 e. The second-order valence-electron chi connectivity index (χ2n) is 4.42. The molecule has 3 atom stereocenters. The van der Waals surface area contributed by atoms with E-state index in [0.29, 0.717) is 23.2 Å². The lowest BCUT2D eigenvalue weighted by molar-refractivity contribution is -0.0654. The van der Waals surface area contributed by atoms with Gasteiger partial charge in [-0.3, -0.25) is 4.90 Å². The second-order valence-corrected chi connectivity index (χ2v) is 4.95. The molecule has 2 N–H and O–H groups in total. The Labute approximate surface area is 98.0 Å². The van der Waals surface area contributed by atoms with E-state index in [0.717, 1.165) is 26.0 Å². The molecule has 3 nitrogen and oxygen atoms in total. The fourth-order valence-corrected chi connectivity index (χ4v) is 2.36. The number of nitrogens with zero attached hydrogens (tertiary/aromatic N) is 1. The van der Waals surface area contributed by atoms with E-state index in [2.05, 4.69) is 25.7 Å². The van der Waals surface area contributed by atoms with Crippen molar-refractivity contribution < 1.29 is 4.74 Å². The minimum atomic E-state index is 0.321. The first-order chi connectivity index (χ1) is 7.04. The molecule has 0 aromatic heterocycles. The Hall–Kier alpha value is -0.190. The molecule has 15 heavy (non-hydrogen) atoms. The molecular formula is C11H22N2OS. The molecule has 0 spiro atoms. The van der Waals surface area contributed by atoms with E-state index < -0.39 is 0 Å². The molecular weight excluding hydrogens is 208 g/mol. The molecule has 4 heteroatoms. The molecule has 0 aromatic rings. The Morgan fingerprint density at radius 3 is 2.80 bits per heavy atom. The Kier molecular flexibility index (Phi) is 4.96. The van der Waals surface area contributed by atoms with Crippen molar-refractivity contribution in [1.29, 1.82) is 0 Å². The minimum absolute atomic E-state index is 0.321. The average Bonchev–Trinajstić information content (AvgIpc) is 2.18. The summed E-state index contributed by atoms with van der Waals surface area (Å²) in [5, 5.41) is 0. The summed E-state index contributed by atoms with van der Waals surface area (Å²) in [7, 11) is 0. The zero-order valence-electron chi connectivity index (χ0n) is 9.90. The van der Waals surface area contributed by atoms with Crippen LogP contribution in [0.4, 0.5) is 0 Å². The number of nitrogens with two attached hydrogens (primary N) is 1. The highest BCUT2D eigenvalue weighted by molar-refractivity contribution is 7.80. The van der Waals surface area contributed by atoms with Crippen molar-refractivity contribution in [2.24, 2.45) is 5.73 Å². The standard InChI is InChI=1S/C11H22N2OS/c1-4-10(5-11(12)15)13-6-9(3)14-7-8(13)2/h8-10H,4-7H2,1-3H3,(H2,12,15). The van der Waals surface area contributed by atoms with Gasteiger partial charge in [-0.15, -0.1) is 0 Å². The highest BCUT2D eigenvalue weighted by atomic mass is 32.1. The third-order valence-electron chi connectivity index (χ3n) is 3.03. The van der Waals surface area contributed by atoms with E-state index in [1.807, 2.05) is 0 Å². The number of rotatable bonds is 4. The zero-order chi connectivity index (χ0) is 11.4. The molecule has 0 saturated carbocycles. The average molecular weight is 230 g/mol. The van der Waals surface area contributed by atoms with E-state index in [1.165, 1.54) is 0 Å². The number of hydrogen-bond acceptors (Lipinski definition) is 3. The number of thiocarbonyl (C=S) groups is 1. The maximum Gasteiger partial charge on any atom is 0.0743 e. The summed E-state index contributed by atoms with van der Waals surface area (Å²) in [5.74, 6) is 0. The van der Waals surface area contributed by atoms with E-state index in [-0.39, 0.29) is 0 Å². The highest BCUT2D eigenvalue weighted by Crippen LogP contribution is 2.18. The van der Waals surface area contributed by atoms with Crippen molar-refractivity contribution in [2.45, 2.75) is 51.8 Å². The predicted molar refractivity (Wildman–Crippen MR) is 67.1 cm³/mol. The quantitative estimate of drug-likeness (QED) is 0.744. The molecule has 1 rings (SSSR count). The van der Waals surface area contributed by atoms with Crippen LogP contribution < -0.4 is 5.73 Å². The first-order valence-electron chi connectivity index (χ1n) is 5.70. The van der Waals surface area contributed by atoms with E-state index in [9.17, 15) is 0 Å². The summed E-state index contributed by atoms with van der Waals surface area (Å²) in [5.41, 5.74) is 5.63. The smallest absolute Gasteiger partial charge is 0.0743 e. The van der Waals surface area contributed by atoms with Gasteiger partial charge in [-0.05, 0) is 20.3 Å². The van der Waals surface area contributed by atoms with Gasteiger partial charge < -0.3 is 10.5 Å². The fraction of sp³-hybridized carbons (Fsp3) is 0.909. The molecule has 1 aliphatic rings. The maximum absolute atomic E-state index is 5.63. The Morgan fingerprint density at radius 2 is 2.27 bits per heavy atom. The zero-order valence-corrected chi connectivity index (χ0v) is 10.7. The van der Waals surface area contributed by atoms with E-state index in [4.69, 9.17) is 22.7 Å². The van der Waals surface area contributed by atoms with Crippen molar-refractivity contribution in [3.8, 4) is 0 Å². The Morgan fingerprint density at radius 1 is 1.60 bits per heavy atom. The SMILES string of the molecule is CCC(CC(N)=S)N1CC(C)OCC1C. The van der Waals surface area contributed by atoms with Crippen LogP contribution in [0.2, 0.25) is 0 Å². The molecule has 0 aliphatic carbocycles. The maximum atomic E-state index is 5.63. The van der Waals surface area contributed by atoms with Crippen molar-refractivity contribution in [1.82, 2.24) is 4.90 Å². The summed E-state index contributed by atoms with van der Waals surface area (Å²) >= 11 is 5.00. The molecule has 0 radical (unpaired) electrons. The van der Waals surface area contributed by atoms with Gasteiger partial charge >= 0.3 is 0 Å². The summed E-state index contributed by atoms with van der Waals surface area (Å²) in [6, 6.07) is 0.948. The molecule has 1 fully saturated rings. The summed E-state index contributed by atoms with van der Waals surface area (Å²) in [4.78, 5) is 3.10. The first-order valence-corrected chi connectivity index (χ1v) is 6.11. The molecule has 0 amide bonds. The van der Waals surface area contributed by atoms with Gasteiger partial charge in [0.05, 0.1) is 17.7 Å². The summed E-state index contributed by atoms with van der Waals surface area (Å²) in [6.45, 7) is 8.31. The van der Waals surface area contributed by atoms with Gasteiger partial charge in [0.1, 0.15) is 0 Å². The lowest BCUT2D eigenvalue weighted by Gasteiger charge is -2.41. The second kappa shape index (κ2) is 5.77. The van der Waals surface area contributed by atoms with Gasteiger partial charge in [-0.2, -0.15) is 0 Å². The van der Waals surface area contributed by atoms with Gasteiger partial charge in [-0.1, -0.05) is 19.1 Å². The normalized spacial score (nSPS) is 30.1. The van der Waals surface area contributed by atoms with Gasteiger partial charge in [0, 0.05) is 25.0 Å². The van der Waals surface area contributed by atoms with Gasteiger partial charge in [0.2, 0.25) is 0 Å². The van der Waals surface area contributed by atoms with Crippen LogP contribution in [0.25, 0.3) is 0 Å². The number of morpholine rings is 1. The third kappa shape index (κ3) is 3.70. The predicted octanol–water partition coefficient (Wildman–Crippen LogP) is 1.55. The van der Waals surface area contributed by atoms with Gasteiger partial charge in [-0.25, -0.2) is 0 Å². The van der Waals surface area contributed by atoms with Crippen LogP contribution in [-0.4, -0.2) is 41.2 Å². The lowest BCUT2D eigenvalue weighted by atomic mass is 10.0. The molecule has 0 bridgehead atoms. The van der Waals surface area contributed by atoms with Crippen LogP contribution in [0.15, 0.2) is 0 Å². The van der Waals surface area contributed by atoms with Gasteiger partial charge in [0.25, 0.3) is 0 Å². The van der Waals surface area contributed by atoms with E-state index in [1.54, 1.807) is 0 Å². The van der Waals surface area contributed by atoms with Crippen molar-refractivity contribution in [3.05, 3.63) is 0 Å². The highest BCUT2D eigenvalue weighted by Gasteiger charge is 2.28. The van der Waals surface area contributed by atoms with Crippen LogP contribution >= 0.6 is 12.2 Å². The van der Waals surface area contributed by atoms with Crippen molar-refractivity contribution >= 4 is 17.2 Å². The van der Waals surface area contributed by atoms with Crippen molar-refractivity contribution in [3.63, 3.8) is 0 Å². The van der Waals surface area contributed by atoms with Crippen LogP contribution in [0.3, 0.4) is 0 Å². The molecule has 1 aliphatic heterocycles. The first kappa shape index (κ1) is 12.9. The lowest BCUT2D eigenvalue weighted by Crippen LogP contribution is -2.52. The monoisotopic (exact) mass is 230 g/mol. The van der Waals surface area contributed by atoms with Crippen LogP contribution in [-0.2, 0) is 4.74 Å². The topological polar surface area (TPSA) is 38.5 Å². The number of hydrogen-bond donors (Lipinski definition) is 1. The summed E-state index contributed by atoms with van der Waals surface area (Å²) < 4.78 is 5.61. The van der Waals surface area contributed by atoms with E-state index >= 15 is 0 Å². The molecule has 3 unspecified atom stereocenters. The number of ether oxygens (including phenoxy) is 1. The van der Waals surface area contributed by atoms with Crippen LogP contribution in [0.1, 0.15) is 33.6 Å². The molecule has 1 heterocycles. The fourth-order valence-electron chi connectivity index (χ4n) is 2.17. The molecule has 0 aromatic carbocycles. The third-order valence-corrected chi connectivity index (χ3v) is 3.20. The molecule has 1 saturated heterocycles. The molecule has 88 valence electrons. The van der Waals surface area contributed by atoms with Gasteiger partial charge in [0.15, 0.2) is 0 Å². The largest absolute Gasteiger partial charge is 0.393 e. The summed E-state index contributed by atoms with van der Waals surface area (Å²) in [6.07, 6.45) is 2.23. The van der Waals surface area contributed by atoms with Crippen LogP contribution in [0.5, 0.6) is 0 Å². The van der Waals surface area contributed by atoms with Crippen LogP contribution in [0, 0.1) is 0 Å². The Bertz CT molecular complexity index is 223. The Balaban J connectivity index is 2.59. The van der Waals surface area contributed by atoms with Crippen molar-refractivity contribution in [2.75, 3.05) is 13.2 Å².